The van der Waals surface area contributed by atoms with Crippen LogP contribution in [0, 0.1) is 6.92 Å². The standard InChI is InChI=1S/C15H21NOS/c1-12-6-8-14(9-7-12)18-11-15(17)16-10-4-3-5-13(16)2/h6-9,13H,3-5,10-11H2,1-2H3. The van der Waals surface area contributed by atoms with Crippen LogP contribution in [0.2, 0.25) is 0 Å². The van der Waals surface area contributed by atoms with E-state index < -0.39 is 0 Å². The number of nitrogens with zero attached hydrogens (tertiary/aromatic N) is 1. The molecule has 1 aliphatic rings. The molecule has 0 spiro atoms. The number of amides is 1. The molecule has 1 amide bonds. The van der Waals surface area contributed by atoms with Gasteiger partial charge in [0.1, 0.15) is 0 Å². The number of hydrogen-bond acceptors (Lipinski definition) is 2. The molecule has 2 nitrogen and oxygen atoms in total. The van der Waals surface area contributed by atoms with Crippen LogP contribution in [0.5, 0.6) is 0 Å². The van der Waals surface area contributed by atoms with E-state index in [1.807, 2.05) is 4.90 Å². The Morgan fingerprint density at radius 2 is 2.06 bits per heavy atom. The summed E-state index contributed by atoms with van der Waals surface area (Å²) in [4.78, 5) is 15.4. The molecule has 0 N–H and O–H groups in total. The van der Waals surface area contributed by atoms with Gasteiger partial charge in [-0.05, 0) is 45.2 Å². The second-order valence-corrected chi connectivity index (χ2v) is 6.08. The average molecular weight is 263 g/mol. The Morgan fingerprint density at radius 1 is 1.33 bits per heavy atom. The minimum Gasteiger partial charge on any atom is -0.339 e. The van der Waals surface area contributed by atoms with Crippen LogP contribution in [0.15, 0.2) is 29.2 Å². The van der Waals surface area contributed by atoms with Crippen molar-refractivity contribution >= 4 is 17.7 Å². The lowest BCUT2D eigenvalue weighted by Gasteiger charge is -2.33. The van der Waals surface area contributed by atoms with Crippen LogP contribution < -0.4 is 0 Å². The summed E-state index contributed by atoms with van der Waals surface area (Å²) in [5.41, 5.74) is 1.26. The zero-order valence-electron chi connectivity index (χ0n) is 11.2. The topological polar surface area (TPSA) is 20.3 Å². The first-order valence-corrected chi connectivity index (χ1v) is 7.64. The van der Waals surface area contributed by atoms with Crippen molar-refractivity contribution in [2.45, 2.75) is 44.0 Å². The minimum absolute atomic E-state index is 0.285. The second kappa shape index (κ2) is 6.28. The van der Waals surface area contributed by atoms with Gasteiger partial charge in [-0.15, -0.1) is 11.8 Å². The predicted octanol–water partition coefficient (Wildman–Crippen LogP) is 3.49. The van der Waals surface area contributed by atoms with Crippen LogP contribution in [-0.4, -0.2) is 29.1 Å². The number of thioether (sulfide) groups is 1. The van der Waals surface area contributed by atoms with Gasteiger partial charge in [0, 0.05) is 17.5 Å². The molecule has 1 aliphatic heterocycles. The number of rotatable bonds is 3. The fraction of sp³-hybridized carbons (Fsp3) is 0.533. The van der Waals surface area contributed by atoms with Crippen molar-refractivity contribution in [3.05, 3.63) is 29.8 Å². The quantitative estimate of drug-likeness (QED) is 0.778. The Bertz CT molecular complexity index is 401. The molecule has 3 heteroatoms. The third-order valence-electron chi connectivity index (χ3n) is 3.51. The van der Waals surface area contributed by atoms with Crippen LogP contribution in [0.25, 0.3) is 0 Å². The summed E-state index contributed by atoms with van der Waals surface area (Å²) in [6.07, 6.45) is 3.57. The molecule has 1 atom stereocenters. The molecule has 0 aromatic heterocycles. The largest absolute Gasteiger partial charge is 0.339 e. The van der Waals surface area contributed by atoms with Crippen LogP contribution in [0.4, 0.5) is 0 Å². The van der Waals surface area contributed by atoms with E-state index in [4.69, 9.17) is 0 Å². The molecule has 1 unspecified atom stereocenters. The summed E-state index contributed by atoms with van der Waals surface area (Å²) < 4.78 is 0. The monoisotopic (exact) mass is 263 g/mol. The highest BCUT2D eigenvalue weighted by Crippen LogP contribution is 2.21. The van der Waals surface area contributed by atoms with Crippen molar-refractivity contribution in [2.75, 3.05) is 12.3 Å². The maximum atomic E-state index is 12.2. The number of benzene rings is 1. The predicted molar refractivity (Wildman–Crippen MR) is 76.9 cm³/mol. The van der Waals surface area contributed by atoms with Crippen molar-refractivity contribution in [3.8, 4) is 0 Å². The van der Waals surface area contributed by atoms with Gasteiger partial charge in [-0.25, -0.2) is 0 Å². The van der Waals surface area contributed by atoms with Crippen LogP contribution >= 0.6 is 11.8 Å². The SMILES string of the molecule is Cc1ccc(SCC(=O)N2CCCCC2C)cc1. The van der Waals surface area contributed by atoms with Crippen molar-refractivity contribution < 1.29 is 4.79 Å². The lowest BCUT2D eigenvalue weighted by atomic mass is 10.0. The molecule has 0 bridgehead atoms. The summed E-state index contributed by atoms with van der Waals surface area (Å²) in [6.45, 7) is 5.18. The lowest BCUT2D eigenvalue weighted by molar-refractivity contribution is -0.131. The van der Waals surface area contributed by atoms with Crippen molar-refractivity contribution in [1.82, 2.24) is 4.90 Å². The summed E-state index contributed by atoms with van der Waals surface area (Å²) in [5.74, 6) is 0.848. The minimum atomic E-state index is 0.285. The van der Waals surface area contributed by atoms with E-state index >= 15 is 0 Å². The summed E-state index contributed by atoms with van der Waals surface area (Å²) in [6, 6.07) is 8.79. The molecule has 0 aliphatic carbocycles. The number of piperidine rings is 1. The third kappa shape index (κ3) is 3.52. The van der Waals surface area contributed by atoms with E-state index in [-0.39, 0.29) is 5.91 Å². The molecule has 1 heterocycles. The fourth-order valence-corrected chi connectivity index (χ4v) is 3.12. The van der Waals surface area contributed by atoms with Crippen LogP contribution in [0.3, 0.4) is 0 Å². The van der Waals surface area contributed by atoms with Gasteiger partial charge in [0.2, 0.25) is 5.91 Å². The molecule has 18 heavy (non-hydrogen) atoms. The third-order valence-corrected chi connectivity index (χ3v) is 4.50. The van der Waals surface area contributed by atoms with Crippen molar-refractivity contribution in [1.29, 1.82) is 0 Å². The number of aryl methyl sites for hydroxylation is 1. The van der Waals surface area contributed by atoms with Gasteiger partial charge in [-0.1, -0.05) is 17.7 Å². The Hall–Kier alpha value is -0.960. The van der Waals surface area contributed by atoms with Gasteiger partial charge in [0.25, 0.3) is 0 Å². The Morgan fingerprint density at radius 3 is 2.72 bits per heavy atom. The molecular weight excluding hydrogens is 242 g/mol. The van der Waals surface area contributed by atoms with Crippen molar-refractivity contribution in [3.63, 3.8) is 0 Å². The van der Waals surface area contributed by atoms with E-state index in [0.717, 1.165) is 19.4 Å². The summed E-state index contributed by atoms with van der Waals surface area (Å²) >= 11 is 1.64. The molecule has 0 radical (unpaired) electrons. The Kier molecular flexibility index (Phi) is 4.70. The molecule has 1 aromatic carbocycles. The van der Waals surface area contributed by atoms with E-state index in [9.17, 15) is 4.79 Å². The molecule has 1 saturated heterocycles. The van der Waals surface area contributed by atoms with Gasteiger partial charge in [0.15, 0.2) is 0 Å². The van der Waals surface area contributed by atoms with E-state index in [1.54, 1.807) is 11.8 Å². The number of carbonyl (C=O) groups is 1. The van der Waals surface area contributed by atoms with Gasteiger partial charge in [-0.2, -0.15) is 0 Å². The first-order chi connectivity index (χ1) is 8.66. The smallest absolute Gasteiger partial charge is 0.233 e. The van der Waals surface area contributed by atoms with Gasteiger partial charge >= 0.3 is 0 Å². The number of hydrogen-bond donors (Lipinski definition) is 0. The zero-order chi connectivity index (χ0) is 13.0. The fourth-order valence-electron chi connectivity index (χ4n) is 2.33. The first kappa shape index (κ1) is 13.5. The van der Waals surface area contributed by atoms with E-state index in [0.29, 0.717) is 11.8 Å². The molecular formula is C15H21NOS. The molecule has 1 aromatic rings. The second-order valence-electron chi connectivity index (χ2n) is 5.03. The molecule has 1 fully saturated rings. The highest BCUT2D eigenvalue weighted by atomic mass is 32.2. The molecule has 98 valence electrons. The summed E-state index contributed by atoms with van der Waals surface area (Å²) in [7, 11) is 0. The normalized spacial score (nSPS) is 19.9. The van der Waals surface area contributed by atoms with E-state index in [2.05, 4.69) is 38.1 Å². The number of carbonyl (C=O) groups excluding carboxylic acids is 1. The average Bonchev–Trinajstić information content (AvgIpc) is 2.38. The van der Waals surface area contributed by atoms with Gasteiger partial charge in [0.05, 0.1) is 5.75 Å². The van der Waals surface area contributed by atoms with E-state index in [1.165, 1.54) is 16.9 Å². The van der Waals surface area contributed by atoms with Crippen molar-refractivity contribution in [2.24, 2.45) is 0 Å². The van der Waals surface area contributed by atoms with Gasteiger partial charge in [-0.3, -0.25) is 4.79 Å². The highest BCUT2D eigenvalue weighted by molar-refractivity contribution is 8.00. The molecule has 0 saturated carbocycles. The van der Waals surface area contributed by atoms with Gasteiger partial charge < -0.3 is 4.90 Å². The first-order valence-electron chi connectivity index (χ1n) is 6.66. The lowest BCUT2D eigenvalue weighted by Crippen LogP contribution is -2.42. The zero-order valence-corrected chi connectivity index (χ0v) is 12.0. The highest BCUT2D eigenvalue weighted by Gasteiger charge is 2.22. The maximum absolute atomic E-state index is 12.2. The Balaban J connectivity index is 1.85. The van der Waals surface area contributed by atoms with Crippen LogP contribution in [0.1, 0.15) is 31.7 Å². The Labute approximate surface area is 114 Å². The van der Waals surface area contributed by atoms with Crippen LogP contribution in [-0.2, 0) is 4.79 Å². The summed E-state index contributed by atoms with van der Waals surface area (Å²) in [5, 5.41) is 0. The molecule has 2 rings (SSSR count). The number of likely N-dealkylation sites (tertiary alicyclic amines) is 1. The maximum Gasteiger partial charge on any atom is 0.233 e.